The third kappa shape index (κ3) is 36.8. The van der Waals surface area contributed by atoms with E-state index in [1.54, 1.807) is 0 Å². The highest BCUT2D eigenvalue weighted by Crippen LogP contribution is 2.23. The summed E-state index contributed by atoms with van der Waals surface area (Å²) in [5.41, 5.74) is 0. The third-order valence-corrected chi connectivity index (χ3v) is 14.5. The summed E-state index contributed by atoms with van der Waals surface area (Å²) in [6.45, 7) is 3.71. The van der Waals surface area contributed by atoms with Gasteiger partial charge in [0.25, 0.3) is 0 Å². The van der Waals surface area contributed by atoms with Crippen molar-refractivity contribution in [3.05, 3.63) is 12.2 Å². The van der Waals surface area contributed by atoms with Crippen molar-refractivity contribution in [1.82, 2.24) is 5.32 Å². The first kappa shape index (κ1) is 64.9. The second kappa shape index (κ2) is 48.2. The molecule has 68 heavy (non-hydrogen) atoms. The number of hydrogen-bond acceptors (Lipinski definition) is 9. The van der Waals surface area contributed by atoms with Crippen LogP contribution in [0.25, 0.3) is 0 Å². The Hall–Kier alpha value is -1.11. The second-order valence-electron chi connectivity index (χ2n) is 20.9. The Labute approximate surface area is 419 Å². The van der Waals surface area contributed by atoms with Crippen molar-refractivity contribution in [3.8, 4) is 0 Å². The van der Waals surface area contributed by atoms with Gasteiger partial charge in [0.1, 0.15) is 30.5 Å². The van der Waals surface area contributed by atoms with E-state index in [1.165, 1.54) is 212 Å². The summed E-state index contributed by atoms with van der Waals surface area (Å²) < 4.78 is 11.2. The Balaban J connectivity index is 2.21. The molecule has 1 fully saturated rings. The van der Waals surface area contributed by atoms with Crippen LogP contribution in [-0.2, 0) is 14.3 Å². The van der Waals surface area contributed by atoms with Gasteiger partial charge in [-0.25, -0.2) is 0 Å². The highest BCUT2D eigenvalue weighted by Gasteiger charge is 2.44. The fourth-order valence-corrected chi connectivity index (χ4v) is 9.70. The molecule has 0 aliphatic carbocycles. The zero-order chi connectivity index (χ0) is 49.6. The SMILES string of the molecule is CCCCCCCCCCCCCC/C=C\CCCCCCCCCCCCCC(O)C(=O)NC(COC1OC(CO)C(O)C(O)C1O)C(O)CCCCCCCCCCCCCCCCCC. The topological polar surface area (TPSA) is 169 Å². The van der Waals surface area contributed by atoms with Crippen LogP contribution in [0.1, 0.15) is 290 Å². The molecular formula is C58H113NO9. The van der Waals surface area contributed by atoms with Crippen LogP contribution in [0.4, 0.5) is 0 Å². The summed E-state index contributed by atoms with van der Waals surface area (Å²) in [4.78, 5) is 13.2. The van der Waals surface area contributed by atoms with Gasteiger partial charge >= 0.3 is 0 Å². The van der Waals surface area contributed by atoms with Gasteiger partial charge in [0.05, 0.1) is 25.4 Å². The highest BCUT2D eigenvalue weighted by molar-refractivity contribution is 5.80. The lowest BCUT2D eigenvalue weighted by atomic mass is 9.99. The van der Waals surface area contributed by atoms with Crippen molar-refractivity contribution in [2.24, 2.45) is 0 Å². The number of aliphatic hydroxyl groups is 6. The number of ether oxygens (including phenoxy) is 2. The largest absolute Gasteiger partial charge is 0.394 e. The van der Waals surface area contributed by atoms with Gasteiger partial charge in [-0.1, -0.05) is 264 Å². The van der Waals surface area contributed by atoms with Gasteiger partial charge in [0.15, 0.2) is 6.29 Å². The van der Waals surface area contributed by atoms with Crippen LogP contribution in [0, 0.1) is 0 Å². The summed E-state index contributed by atoms with van der Waals surface area (Å²) >= 11 is 0. The van der Waals surface area contributed by atoms with Crippen molar-refractivity contribution in [2.45, 2.75) is 339 Å². The van der Waals surface area contributed by atoms with Crippen LogP contribution in [0.3, 0.4) is 0 Å². The number of carbonyl (C=O) groups is 1. The van der Waals surface area contributed by atoms with Crippen LogP contribution in [0.5, 0.6) is 0 Å². The highest BCUT2D eigenvalue weighted by atomic mass is 16.7. The van der Waals surface area contributed by atoms with Gasteiger partial charge in [-0.05, 0) is 38.5 Å². The molecule has 1 aliphatic heterocycles. The van der Waals surface area contributed by atoms with Crippen molar-refractivity contribution < 1.29 is 44.9 Å². The molecule has 0 bridgehead atoms. The van der Waals surface area contributed by atoms with Gasteiger partial charge in [0, 0.05) is 0 Å². The van der Waals surface area contributed by atoms with Crippen LogP contribution >= 0.6 is 0 Å². The number of hydrogen-bond donors (Lipinski definition) is 7. The minimum Gasteiger partial charge on any atom is -0.394 e. The van der Waals surface area contributed by atoms with E-state index in [2.05, 4.69) is 31.3 Å². The van der Waals surface area contributed by atoms with Gasteiger partial charge in [-0.2, -0.15) is 0 Å². The van der Waals surface area contributed by atoms with E-state index < -0.39 is 61.5 Å². The van der Waals surface area contributed by atoms with E-state index in [9.17, 15) is 35.4 Å². The molecule has 0 aromatic heterocycles. The molecule has 0 spiro atoms. The van der Waals surface area contributed by atoms with Crippen molar-refractivity contribution in [3.63, 3.8) is 0 Å². The first-order chi connectivity index (χ1) is 33.3. The smallest absolute Gasteiger partial charge is 0.249 e. The van der Waals surface area contributed by atoms with Crippen LogP contribution < -0.4 is 5.32 Å². The van der Waals surface area contributed by atoms with Crippen molar-refractivity contribution in [2.75, 3.05) is 13.2 Å². The fraction of sp³-hybridized carbons (Fsp3) is 0.948. The summed E-state index contributed by atoms with van der Waals surface area (Å²) in [7, 11) is 0. The summed E-state index contributed by atoms with van der Waals surface area (Å²) in [6.07, 6.45) is 48.5. The maximum absolute atomic E-state index is 13.2. The lowest BCUT2D eigenvalue weighted by molar-refractivity contribution is -0.302. The quantitative estimate of drug-likeness (QED) is 0.0232. The minimum atomic E-state index is -1.60. The van der Waals surface area contributed by atoms with Crippen LogP contribution in [0.2, 0.25) is 0 Å². The lowest BCUT2D eigenvalue weighted by Crippen LogP contribution is -2.60. The van der Waals surface area contributed by atoms with Crippen molar-refractivity contribution in [1.29, 1.82) is 0 Å². The van der Waals surface area contributed by atoms with E-state index in [1.807, 2.05) is 0 Å². The molecule has 10 heteroatoms. The number of rotatable bonds is 51. The molecule has 1 rings (SSSR count). The first-order valence-corrected chi connectivity index (χ1v) is 29.5. The minimum absolute atomic E-state index is 0.252. The van der Waals surface area contributed by atoms with Gasteiger partial charge in [-0.15, -0.1) is 0 Å². The number of nitrogens with one attached hydrogen (secondary N) is 1. The molecule has 10 nitrogen and oxygen atoms in total. The second-order valence-corrected chi connectivity index (χ2v) is 20.9. The Morgan fingerprint density at radius 2 is 0.824 bits per heavy atom. The number of amides is 1. The average Bonchev–Trinajstić information content (AvgIpc) is 3.34. The zero-order valence-corrected chi connectivity index (χ0v) is 44.5. The molecule has 0 aromatic carbocycles. The molecule has 0 saturated carbocycles. The number of aliphatic hydroxyl groups excluding tert-OH is 6. The van der Waals surface area contributed by atoms with E-state index in [-0.39, 0.29) is 6.61 Å². The maximum Gasteiger partial charge on any atom is 0.249 e. The summed E-state index contributed by atoms with van der Waals surface area (Å²) in [5.74, 6) is -0.579. The van der Waals surface area contributed by atoms with E-state index in [0.29, 0.717) is 12.8 Å². The molecular weight excluding hydrogens is 855 g/mol. The van der Waals surface area contributed by atoms with Crippen molar-refractivity contribution >= 4 is 5.91 Å². The molecule has 8 atom stereocenters. The summed E-state index contributed by atoms with van der Waals surface area (Å²) in [5, 5.41) is 65.2. The Morgan fingerprint density at radius 3 is 1.19 bits per heavy atom. The molecule has 0 radical (unpaired) electrons. The normalized spacial score (nSPS) is 20.0. The predicted octanol–water partition coefficient (Wildman–Crippen LogP) is 13.4. The molecule has 1 heterocycles. The number of unbranched alkanes of at least 4 members (excludes halogenated alkanes) is 38. The van der Waals surface area contributed by atoms with Gasteiger partial charge < -0.3 is 45.4 Å². The average molecular weight is 969 g/mol. The van der Waals surface area contributed by atoms with E-state index >= 15 is 0 Å². The fourth-order valence-electron chi connectivity index (χ4n) is 9.70. The number of allylic oxidation sites excluding steroid dienone is 2. The number of carbonyl (C=O) groups excluding carboxylic acids is 1. The molecule has 0 aromatic rings. The lowest BCUT2D eigenvalue weighted by Gasteiger charge is -2.40. The van der Waals surface area contributed by atoms with E-state index in [4.69, 9.17) is 9.47 Å². The summed E-state index contributed by atoms with van der Waals surface area (Å²) in [6, 6.07) is -0.892. The third-order valence-electron chi connectivity index (χ3n) is 14.5. The van der Waals surface area contributed by atoms with Crippen LogP contribution in [-0.4, -0.2) is 98.7 Å². The Bertz CT molecular complexity index is 1090. The molecule has 1 aliphatic rings. The first-order valence-electron chi connectivity index (χ1n) is 29.5. The molecule has 1 amide bonds. The molecule has 404 valence electrons. The zero-order valence-electron chi connectivity index (χ0n) is 44.5. The van der Waals surface area contributed by atoms with E-state index in [0.717, 1.165) is 51.4 Å². The maximum atomic E-state index is 13.2. The van der Waals surface area contributed by atoms with Gasteiger partial charge in [-0.3, -0.25) is 4.79 Å². The van der Waals surface area contributed by atoms with Crippen LogP contribution in [0.15, 0.2) is 12.2 Å². The molecule has 1 saturated heterocycles. The monoisotopic (exact) mass is 968 g/mol. The molecule has 7 N–H and O–H groups in total. The Morgan fingerprint density at radius 1 is 0.485 bits per heavy atom. The molecule has 8 unspecified atom stereocenters. The standard InChI is InChI=1S/C58H113NO9/c1-3-5-7-9-11-13-15-17-19-21-22-23-24-25-26-27-28-29-30-31-33-35-37-39-41-43-45-47-52(62)57(66)59-50(49-67-58-56(65)55(64)54(63)53(48-60)68-58)51(61)46-44-42-40-38-36-34-32-20-18-16-14-12-10-8-6-4-2/h25-26,50-56,58,60-65H,3-24,27-49H2,1-2H3,(H,59,66)/b26-25-. The van der Waals surface area contributed by atoms with Gasteiger partial charge in [0.2, 0.25) is 5.91 Å². The Kier molecular flexibility index (Phi) is 46.0. The predicted molar refractivity (Wildman–Crippen MR) is 283 cm³/mol.